The van der Waals surface area contributed by atoms with Gasteiger partial charge in [-0.2, -0.15) is 0 Å². The normalized spacial score (nSPS) is 21.5. The number of carboxylic acids is 1. The van der Waals surface area contributed by atoms with E-state index in [0.717, 1.165) is 6.07 Å². The smallest absolute Gasteiger partial charge is 0.306 e. The standard InChI is InChI=1S/C14H15ClN2O5/c1-8-7-16(5-4-10(8)14(19)20)13(18)11-3-2-9(15)6-12(11)17(21)22/h2-3,6,8,10H,4-5,7H2,1H3,(H,19,20). The van der Waals surface area contributed by atoms with E-state index in [2.05, 4.69) is 0 Å². The number of hydrogen-bond donors (Lipinski definition) is 1. The molecule has 1 fully saturated rings. The van der Waals surface area contributed by atoms with Crippen molar-refractivity contribution >= 4 is 29.2 Å². The summed E-state index contributed by atoms with van der Waals surface area (Å²) in [6.07, 6.45) is 0.337. The first kappa shape index (κ1) is 16.2. The van der Waals surface area contributed by atoms with E-state index in [1.165, 1.54) is 17.0 Å². The van der Waals surface area contributed by atoms with Crippen molar-refractivity contribution in [2.75, 3.05) is 13.1 Å². The molecule has 1 amide bonds. The first-order valence-corrected chi connectivity index (χ1v) is 7.15. The highest BCUT2D eigenvalue weighted by molar-refractivity contribution is 6.31. The Hall–Kier alpha value is -2.15. The second kappa shape index (κ2) is 6.31. The van der Waals surface area contributed by atoms with Crippen molar-refractivity contribution in [2.45, 2.75) is 13.3 Å². The molecule has 7 nitrogen and oxygen atoms in total. The van der Waals surface area contributed by atoms with Crippen LogP contribution < -0.4 is 0 Å². The van der Waals surface area contributed by atoms with Gasteiger partial charge in [0.05, 0.1) is 10.8 Å². The van der Waals surface area contributed by atoms with Crippen molar-refractivity contribution in [1.29, 1.82) is 0 Å². The van der Waals surface area contributed by atoms with Gasteiger partial charge in [0.15, 0.2) is 0 Å². The minimum absolute atomic E-state index is 0.0321. The molecule has 1 aliphatic rings. The molecule has 2 unspecified atom stereocenters. The molecule has 0 saturated carbocycles. The van der Waals surface area contributed by atoms with Gasteiger partial charge in [0.2, 0.25) is 0 Å². The third-order valence-corrected chi connectivity index (χ3v) is 4.13. The number of rotatable bonds is 3. The van der Waals surface area contributed by atoms with Crippen LogP contribution in [0.25, 0.3) is 0 Å². The highest BCUT2D eigenvalue weighted by Gasteiger charge is 2.35. The van der Waals surface area contributed by atoms with Crippen molar-refractivity contribution in [3.8, 4) is 0 Å². The number of carbonyl (C=O) groups is 2. The second-order valence-corrected chi connectivity index (χ2v) is 5.82. The van der Waals surface area contributed by atoms with Gasteiger partial charge in [0.1, 0.15) is 5.56 Å². The monoisotopic (exact) mass is 326 g/mol. The quantitative estimate of drug-likeness (QED) is 0.679. The summed E-state index contributed by atoms with van der Waals surface area (Å²) in [5, 5.41) is 20.3. The van der Waals surface area contributed by atoms with Gasteiger partial charge in [0.25, 0.3) is 11.6 Å². The molecule has 2 atom stereocenters. The van der Waals surface area contributed by atoms with Crippen LogP contribution in [0.3, 0.4) is 0 Å². The van der Waals surface area contributed by atoms with Gasteiger partial charge in [-0.05, 0) is 24.5 Å². The molecule has 22 heavy (non-hydrogen) atoms. The summed E-state index contributed by atoms with van der Waals surface area (Å²) < 4.78 is 0. The molecular formula is C14H15ClN2O5. The van der Waals surface area contributed by atoms with Crippen molar-refractivity contribution in [2.24, 2.45) is 11.8 Å². The van der Waals surface area contributed by atoms with Crippen LogP contribution in [-0.4, -0.2) is 39.9 Å². The lowest BCUT2D eigenvalue weighted by Crippen LogP contribution is -2.45. The van der Waals surface area contributed by atoms with Gasteiger partial charge in [-0.25, -0.2) is 0 Å². The topological polar surface area (TPSA) is 101 Å². The zero-order valence-electron chi connectivity index (χ0n) is 11.9. The number of nitro benzene ring substituents is 1. The summed E-state index contributed by atoms with van der Waals surface area (Å²) in [5.74, 6) is -2.05. The number of piperidine rings is 1. The molecule has 2 rings (SSSR count). The van der Waals surface area contributed by atoms with E-state index in [1.807, 2.05) is 0 Å². The zero-order valence-corrected chi connectivity index (χ0v) is 12.6. The van der Waals surface area contributed by atoms with Gasteiger partial charge in [-0.15, -0.1) is 0 Å². The summed E-state index contributed by atoms with van der Waals surface area (Å²) >= 11 is 5.73. The second-order valence-electron chi connectivity index (χ2n) is 5.38. The molecule has 0 aliphatic carbocycles. The first-order chi connectivity index (χ1) is 10.3. The van der Waals surface area contributed by atoms with Crippen LogP contribution in [-0.2, 0) is 4.79 Å². The number of carboxylic acid groups (broad SMARTS) is 1. The third-order valence-electron chi connectivity index (χ3n) is 3.90. The Balaban J connectivity index is 2.23. The lowest BCUT2D eigenvalue weighted by molar-refractivity contribution is -0.385. The molecule has 1 aromatic rings. The fraction of sp³-hybridized carbons (Fsp3) is 0.429. The van der Waals surface area contributed by atoms with Crippen LogP contribution in [0.4, 0.5) is 5.69 Å². The maximum atomic E-state index is 12.5. The van der Waals surface area contributed by atoms with Crippen LogP contribution in [0.2, 0.25) is 5.02 Å². The molecule has 118 valence electrons. The van der Waals surface area contributed by atoms with E-state index in [-0.39, 0.29) is 35.3 Å². The first-order valence-electron chi connectivity index (χ1n) is 6.77. The lowest BCUT2D eigenvalue weighted by atomic mass is 9.87. The fourth-order valence-corrected chi connectivity index (χ4v) is 2.87. The zero-order chi connectivity index (χ0) is 16.4. The van der Waals surface area contributed by atoms with Crippen molar-refractivity contribution in [1.82, 2.24) is 4.90 Å². The highest BCUT2D eigenvalue weighted by Crippen LogP contribution is 2.28. The van der Waals surface area contributed by atoms with Gasteiger partial charge < -0.3 is 10.0 Å². The number of nitrogens with zero attached hydrogens (tertiary/aromatic N) is 2. The maximum Gasteiger partial charge on any atom is 0.306 e. The number of benzene rings is 1. The predicted molar refractivity (Wildman–Crippen MR) is 78.9 cm³/mol. The average Bonchev–Trinajstić information content (AvgIpc) is 2.45. The number of likely N-dealkylation sites (tertiary alicyclic amines) is 1. The summed E-state index contributed by atoms with van der Waals surface area (Å²) in [6, 6.07) is 3.90. The van der Waals surface area contributed by atoms with E-state index in [1.54, 1.807) is 6.92 Å². The van der Waals surface area contributed by atoms with Crippen LogP contribution in [0.15, 0.2) is 18.2 Å². The van der Waals surface area contributed by atoms with Crippen LogP contribution >= 0.6 is 11.6 Å². The molecule has 1 aliphatic heterocycles. The van der Waals surface area contributed by atoms with E-state index < -0.39 is 22.7 Å². The predicted octanol–water partition coefficient (Wildman–Crippen LogP) is 2.43. The number of aliphatic carboxylic acids is 1. The Labute approximate surface area is 131 Å². The molecule has 0 radical (unpaired) electrons. The van der Waals surface area contributed by atoms with E-state index >= 15 is 0 Å². The minimum atomic E-state index is -0.878. The Morgan fingerprint density at radius 2 is 2.14 bits per heavy atom. The highest BCUT2D eigenvalue weighted by atomic mass is 35.5. The van der Waals surface area contributed by atoms with E-state index in [0.29, 0.717) is 6.42 Å². The maximum absolute atomic E-state index is 12.5. The van der Waals surface area contributed by atoms with Gasteiger partial charge in [0, 0.05) is 24.2 Å². The number of hydrogen-bond acceptors (Lipinski definition) is 4. The number of halogens is 1. The molecule has 1 saturated heterocycles. The van der Waals surface area contributed by atoms with Crippen molar-refractivity contribution < 1.29 is 19.6 Å². The molecule has 1 aromatic carbocycles. The molecule has 1 N–H and O–H groups in total. The van der Waals surface area contributed by atoms with Crippen LogP contribution in [0.5, 0.6) is 0 Å². The van der Waals surface area contributed by atoms with Crippen LogP contribution in [0.1, 0.15) is 23.7 Å². The minimum Gasteiger partial charge on any atom is -0.481 e. The number of carbonyl (C=O) groups excluding carboxylic acids is 1. The summed E-state index contributed by atoms with van der Waals surface area (Å²) in [5.41, 5.74) is -0.374. The average molecular weight is 327 g/mol. The Morgan fingerprint density at radius 3 is 2.68 bits per heavy atom. The number of amides is 1. The summed E-state index contributed by atoms with van der Waals surface area (Å²) in [4.78, 5) is 35.5. The Morgan fingerprint density at radius 1 is 1.45 bits per heavy atom. The van der Waals surface area contributed by atoms with E-state index in [4.69, 9.17) is 16.7 Å². The lowest BCUT2D eigenvalue weighted by Gasteiger charge is -2.34. The third kappa shape index (κ3) is 3.19. The van der Waals surface area contributed by atoms with Crippen LogP contribution in [0, 0.1) is 22.0 Å². The largest absolute Gasteiger partial charge is 0.481 e. The van der Waals surface area contributed by atoms with Gasteiger partial charge in [-0.3, -0.25) is 19.7 Å². The molecular weight excluding hydrogens is 312 g/mol. The van der Waals surface area contributed by atoms with Crippen molar-refractivity contribution in [3.63, 3.8) is 0 Å². The molecule has 1 heterocycles. The fourth-order valence-electron chi connectivity index (χ4n) is 2.70. The molecule has 0 spiro atoms. The van der Waals surface area contributed by atoms with Crippen molar-refractivity contribution in [3.05, 3.63) is 38.9 Å². The molecule has 8 heteroatoms. The summed E-state index contributed by atoms with van der Waals surface area (Å²) in [7, 11) is 0. The van der Waals surface area contributed by atoms with Gasteiger partial charge >= 0.3 is 5.97 Å². The summed E-state index contributed by atoms with van der Waals surface area (Å²) in [6.45, 7) is 2.28. The number of nitro groups is 1. The van der Waals surface area contributed by atoms with E-state index in [9.17, 15) is 19.7 Å². The van der Waals surface area contributed by atoms with Gasteiger partial charge in [-0.1, -0.05) is 18.5 Å². The Kier molecular flexibility index (Phi) is 4.65. The molecule has 0 bridgehead atoms. The Bertz CT molecular complexity index is 634. The molecule has 0 aromatic heterocycles. The SMILES string of the molecule is CC1CN(C(=O)c2ccc(Cl)cc2[N+](=O)[O-])CCC1C(=O)O.